The summed E-state index contributed by atoms with van der Waals surface area (Å²) >= 11 is 12.3. The highest BCUT2D eigenvalue weighted by molar-refractivity contribution is 7.89. The Labute approximate surface area is 174 Å². The van der Waals surface area contributed by atoms with E-state index in [0.717, 1.165) is 31.2 Å². The zero-order chi connectivity index (χ0) is 19.9. The Kier molecular flexibility index (Phi) is 5.16. The number of rotatable bonds is 5. The summed E-state index contributed by atoms with van der Waals surface area (Å²) in [6.45, 7) is 0.986. The van der Waals surface area contributed by atoms with Crippen LogP contribution in [0.15, 0.2) is 47.4 Å². The van der Waals surface area contributed by atoms with Gasteiger partial charge in [0.1, 0.15) is 4.90 Å². The zero-order valence-corrected chi connectivity index (χ0v) is 17.4. The minimum absolute atomic E-state index is 0.0291. The second-order valence-corrected chi connectivity index (χ2v) is 10.1. The van der Waals surface area contributed by atoms with Crippen LogP contribution in [0.4, 0.5) is 5.69 Å². The Bertz CT molecular complexity index is 1030. The van der Waals surface area contributed by atoms with E-state index in [2.05, 4.69) is 5.32 Å². The highest BCUT2D eigenvalue weighted by atomic mass is 35.5. The van der Waals surface area contributed by atoms with Crippen LogP contribution >= 0.6 is 23.2 Å². The van der Waals surface area contributed by atoms with Gasteiger partial charge in [-0.2, -0.15) is 4.31 Å². The molecule has 1 heterocycles. The van der Waals surface area contributed by atoms with Gasteiger partial charge in [0.25, 0.3) is 0 Å². The third-order valence-corrected chi connectivity index (χ3v) is 8.05. The van der Waals surface area contributed by atoms with Gasteiger partial charge in [0.15, 0.2) is 0 Å². The molecule has 2 aromatic carbocycles. The largest absolute Gasteiger partial charge is 0.325 e. The molecule has 1 N–H and O–H groups in total. The van der Waals surface area contributed by atoms with Gasteiger partial charge in [-0.1, -0.05) is 35.3 Å². The normalized spacial score (nSPS) is 18.8. The van der Waals surface area contributed by atoms with E-state index in [1.807, 2.05) is 12.1 Å². The number of carbonyl (C=O) groups excluding carboxylic acids is 1. The lowest BCUT2D eigenvalue weighted by Crippen LogP contribution is -2.29. The highest BCUT2D eigenvalue weighted by Crippen LogP contribution is 2.49. The third kappa shape index (κ3) is 3.54. The van der Waals surface area contributed by atoms with Crippen LogP contribution in [0, 0.1) is 0 Å². The Morgan fingerprint density at radius 3 is 2.39 bits per heavy atom. The molecule has 0 unspecified atom stereocenters. The summed E-state index contributed by atoms with van der Waals surface area (Å²) < 4.78 is 27.2. The Morgan fingerprint density at radius 1 is 1.04 bits per heavy atom. The molecule has 5 nitrogen and oxygen atoms in total. The molecule has 28 heavy (non-hydrogen) atoms. The molecule has 2 aromatic rings. The maximum atomic E-state index is 13.0. The average Bonchev–Trinajstić information content (AvgIpc) is 3.29. The van der Waals surface area contributed by atoms with Gasteiger partial charge in [-0.3, -0.25) is 4.79 Å². The van der Waals surface area contributed by atoms with Crippen LogP contribution in [0.5, 0.6) is 0 Å². The Morgan fingerprint density at radius 2 is 1.75 bits per heavy atom. The summed E-state index contributed by atoms with van der Waals surface area (Å²) in [7, 11) is -3.67. The molecule has 0 spiro atoms. The fourth-order valence-corrected chi connectivity index (χ4v) is 5.86. The lowest BCUT2D eigenvalue weighted by molar-refractivity contribution is -0.118. The van der Waals surface area contributed by atoms with E-state index in [0.29, 0.717) is 23.8 Å². The summed E-state index contributed by atoms with van der Waals surface area (Å²) in [6.07, 6.45) is 3.14. The van der Waals surface area contributed by atoms with Crippen LogP contribution in [-0.2, 0) is 20.2 Å². The quantitative estimate of drug-likeness (QED) is 0.749. The van der Waals surface area contributed by atoms with Crippen LogP contribution in [0.3, 0.4) is 0 Å². The van der Waals surface area contributed by atoms with Crippen molar-refractivity contribution in [2.45, 2.75) is 36.0 Å². The number of hydrogen-bond donors (Lipinski definition) is 1. The molecule has 1 aliphatic heterocycles. The molecule has 0 atom stereocenters. The van der Waals surface area contributed by atoms with E-state index in [4.69, 9.17) is 23.2 Å². The number of nitrogens with one attached hydrogen (secondary N) is 1. The van der Waals surface area contributed by atoms with Gasteiger partial charge in [0.2, 0.25) is 15.9 Å². The number of amides is 1. The number of anilines is 1. The van der Waals surface area contributed by atoms with Crippen molar-refractivity contribution in [3.8, 4) is 0 Å². The van der Waals surface area contributed by atoms with Gasteiger partial charge in [-0.15, -0.1) is 0 Å². The SMILES string of the molecule is O=C(Nc1ccc(Cl)c(S(=O)(=O)N2CCCC2)c1)C1(c2cccc(Cl)c2)CC1. The predicted octanol–water partition coefficient (Wildman–Crippen LogP) is 4.45. The van der Waals surface area contributed by atoms with Crippen molar-refractivity contribution in [3.05, 3.63) is 58.1 Å². The van der Waals surface area contributed by atoms with E-state index in [1.54, 1.807) is 18.2 Å². The van der Waals surface area contributed by atoms with Crippen LogP contribution in [-0.4, -0.2) is 31.7 Å². The zero-order valence-electron chi connectivity index (χ0n) is 15.1. The van der Waals surface area contributed by atoms with Gasteiger partial charge in [-0.05, 0) is 61.6 Å². The summed E-state index contributed by atoms with van der Waals surface area (Å²) in [5.41, 5.74) is 0.676. The van der Waals surface area contributed by atoms with Gasteiger partial charge < -0.3 is 5.32 Å². The lowest BCUT2D eigenvalue weighted by atomic mass is 9.95. The molecular weight excluding hydrogens is 419 g/mol. The molecule has 1 saturated heterocycles. The Balaban J connectivity index is 1.60. The number of hydrogen-bond acceptors (Lipinski definition) is 3. The molecule has 2 aliphatic rings. The molecule has 0 bridgehead atoms. The van der Waals surface area contributed by atoms with Crippen molar-refractivity contribution in [1.29, 1.82) is 0 Å². The maximum absolute atomic E-state index is 13.0. The summed E-state index contributed by atoms with van der Waals surface area (Å²) in [5.74, 6) is -0.165. The highest BCUT2D eigenvalue weighted by Gasteiger charge is 2.51. The fraction of sp³-hybridized carbons (Fsp3) is 0.350. The van der Waals surface area contributed by atoms with Crippen molar-refractivity contribution in [1.82, 2.24) is 4.31 Å². The van der Waals surface area contributed by atoms with E-state index in [-0.39, 0.29) is 15.8 Å². The van der Waals surface area contributed by atoms with Gasteiger partial charge >= 0.3 is 0 Å². The first-order valence-corrected chi connectivity index (χ1v) is 11.4. The number of carbonyl (C=O) groups is 1. The maximum Gasteiger partial charge on any atom is 0.244 e. The number of sulfonamides is 1. The van der Waals surface area contributed by atoms with Crippen LogP contribution in [0.25, 0.3) is 0 Å². The van der Waals surface area contributed by atoms with Crippen molar-refractivity contribution < 1.29 is 13.2 Å². The average molecular weight is 439 g/mol. The second-order valence-electron chi connectivity index (χ2n) is 7.30. The van der Waals surface area contributed by atoms with Crippen molar-refractivity contribution >= 4 is 44.8 Å². The molecule has 0 aromatic heterocycles. The Hall–Kier alpha value is -1.60. The topological polar surface area (TPSA) is 66.5 Å². The van der Waals surface area contributed by atoms with E-state index < -0.39 is 15.4 Å². The fourth-order valence-electron chi connectivity index (χ4n) is 3.66. The van der Waals surface area contributed by atoms with E-state index >= 15 is 0 Å². The number of nitrogens with zero attached hydrogens (tertiary/aromatic N) is 1. The van der Waals surface area contributed by atoms with Crippen LogP contribution in [0.2, 0.25) is 10.0 Å². The molecule has 4 rings (SSSR count). The molecule has 2 fully saturated rings. The lowest BCUT2D eigenvalue weighted by Gasteiger charge is -2.19. The molecule has 1 saturated carbocycles. The summed E-state index contributed by atoms with van der Waals surface area (Å²) in [4.78, 5) is 13.0. The van der Waals surface area contributed by atoms with Gasteiger partial charge in [0.05, 0.1) is 10.4 Å². The molecule has 8 heteroatoms. The van der Waals surface area contributed by atoms with Crippen LogP contribution in [0.1, 0.15) is 31.2 Å². The monoisotopic (exact) mass is 438 g/mol. The molecule has 1 aliphatic carbocycles. The first-order valence-electron chi connectivity index (χ1n) is 9.20. The number of benzene rings is 2. The third-order valence-electron chi connectivity index (χ3n) is 5.43. The van der Waals surface area contributed by atoms with E-state index in [9.17, 15) is 13.2 Å². The second kappa shape index (κ2) is 7.34. The molecular formula is C20H20Cl2N2O3S. The van der Waals surface area contributed by atoms with Gasteiger partial charge in [-0.25, -0.2) is 8.42 Å². The van der Waals surface area contributed by atoms with Gasteiger partial charge in [0, 0.05) is 23.8 Å². The molecule has 0 radical (unpaired) electrons. The smallest absolute Gasteiger partial charge is 0.244 e. The van der Waals surface area contributed by atoms with Crippen molar-refractivity contribution in [2.75, 3.05) is 18.4 Å². The summed E-state index contributed by atoms with van der Waals surface area (Å²) in [5, 5.41) is 3.61. The standard InChI is InChI=1S/C20H20Cl2N2O3S/c21-15-5-3-4-14(12-15)20(8-9-20)19(25)23-16-6-7-17(22)18(13-16)28(26,27)24-10-1-2-11-24/h3-7,12-13H,1-2,8-11H2,(H,23,25). The summed E-state index contributed by atoms with van der Waals surface area (Å²) in [6, 6.07) is 11.9. The first kappa shape index (κ1) is 19.7. The van der Waals surface area contributed by atoms with Crippen molar-refractivity contribution in [3.63, 3.8) is 0 Å². The minimum Gasteiger partial charge on any atom is -0.325 e. The molecule has 148 valence electrons. The minimum atomic E-state index is -3.67. The first-order chi connectivity index (χ1) is 13.3. The van der Waals surface area contributed by atoms with E-state index in [1.165, 1.54) is 16.4 Å². The molecule has 1 amide bonds. The number of halogens is 2. The van der Waals surface area contributed by atoms with Crippen molar-refractivity contribution in [2.24, 2.45) is 0 Å². The predicted molar refractivity (Wildman–Crippen MR) is 110 cm³/mol. The van der Waals surface area contributed by atoms with Crippen LogP contribution < -0.4 is 5.32 Å².